The number of aromatic nitrogens is 1. The number of carbonyl (C=O) groups is 1. The number of nitrogens with one attached hydrogen (secondary N) is 1. The number of nitrogens with zero attached hydrogens (tertiary/aromatic N) is 2. The molecule has 1 amide bonds. The van der Waals surface area contributed by atoms with Crippen molar-refractivity contribution in [3.8, 4) is 11.5 Å². The first-order valence-corrected chi connectivity index (χ1v) is 9.67. The zero-order valence-electron chi connectivity index (χ0n) is 16.3. The first kappa shape index (κ1) is 20.3. The van der Waals surface area contributed by atoms with Gasteiger partial charge in [0.25, 0.3) is 5.69 Å². The van der Waals surface area contributed by atoms with E-state index < -0.39 is 4.92 Å². The molecule has 0 aliphatic heterocycles. The highest BCUT2D eigenvalue weighted by atomic mass is 35.5. The fraction of sp³-hybridized carbons (Fsp3) is 0.0435. The lowest BCUT2D eigenvalue weighted by molar-refractivity contribution is -0.384. The van der Waals surface area contributed by atoms with E-state index in [9.17, 15) is 14.9 Å². The number of hydrogen-bond acceptors (Lipinski definition) is 5. The van der Waals surface area contributed by atoms with Gasteiger partial charge in [0.05, 0.1) is 4.92 Å². The van der Waals surface area contributed by atoms with Gasteiger partial charge < -0.3 is 9.73 Å². The lowest BCUT2D eigenvalue weighted by Crippen LogP contribution is -2.09. The summed E-state index contributed by atoms with van der Waals surface area (Å²) in [6.45, 7) is 1.87. The Labute approximate surface area is 182 Å². The molecular weight excluding hydrogens is 418 g/mol. The maximum atomic E-state index is 12.4. The van der Waals surface area contributed by atoms with Gasteiger partial charge >= 0.3 is 0 Å². The number of oxazole rings is 1. The van der Waals surface area contributed by atoms with Gasteiger partial charge in [-0.1, -0.05) is 29.8 Å². The highest BCUT2D eigenvalue weighted by molar-refractivity contribution is 6.31. The molecule has 1 N–H and O–H groups in total. The van der Waals surface area contributed by atoms with Crippen LogP contribution in [-0.2, 0) is 4.79 Å². The molecule has 1 heterocycles. The van der Waals surface area contributed by atoms with Crippen LogP contribution in [-0.4, -0.2) is 15.8 Å². The van der Waals surface area contributed by atoms with Crippen LogP contribution in [0.3, 0.4) is 0 Å². The molecule has 8 heteroatoms. The van der Waals surface area contributed by atoms with Gasteiger partial charge in [0.1, 0.15) is 5.52 Å². The number of amides is 1. The van der Waals surface area contributed by atoms with Crippen molar-refractivity contribution in [2.75, 3.05) is 5.32 Å². The van der Waals surface area contributed by atoms with Crippen LogP contribution in [0.1, 0.15) is 11.1 Å². The van der Waals surface area contributed by atoms with E-state index in [-0.39, 0.29) is 11.6 Å². The monoisotopic (exact) mass is 433 g/mol. The van der Waals surface area contributed by atoms with Crippen molar-refractivity contribution in [2.45, 2.75) is 6.92 Å². The molecule has 3 aromatic carbocycles. The highest BCUT2D eigenvalue weighted by Crippen LogP contribution is 2.29. The number of non-ortho nitro benzene ring substituents is 1. The maximum Gasteiger partial charge on any atom is 0.270 e. The molecule has 0 aliphatic carbocycles. The lowest BCUT2D eigenvalue weighted by Gasteiger charge is -2.08. The summed E-state index contributed by atoms with van der Waals surface area (Å²) in [4.78, 5) is 27.3. The Morgan fingerprint density at radius 2 is 2.00 bits per heavy atom. The molecular formula is C23H16ClN3O4. The summed E-state index contributed by atoms with van der Waals surface area (Å²) >= 11 is 6.01. The Kier molecular flexibility index (Phi) is 5.51. The van der Waals surface area contributed by atoms with Crippen molar-refractivity contribution in [1.82, 2.24) is 4.98 Å². The Morgan fingerprint density at radius 1 is 1.16 bits per heavy atom. The van der Waals surface area contributed by atoms with Gasteiger partial charge in [-0.05, 0) is 54.5 Å². The summed E-state index contributed by atoms with van der Waals surface area (Å²) in [6.07, 6.45) is 2.85. The fourth-order valence-corrected chi connectivity index (χ4v) is 3.17. The van der Waals surface area contributed by atoms with Gasteiger partial charge in [0.2, 0.25) is 11.8 Å². The number of fused-ring (bicyclic) bond motifs is 1. The summed E-state index contributed by atoms with van der Waals surface area (Å²) in [7, 11) is 0. The second-order valence-electron chi connectivity index (χ2n) is 6.84. The molecule has 4 aromatic rings. The SMILES string of the molecule is Cc1ccc(-c2nc3cc(Cl)ccc3o2)cc1NC(=O)C=Cc1cccc([N+](=O)[O-])c1. The van der Waals surface area contributed by atoms with E-state index in [0.29, 0.717) is 38.8 Å². The summed E-state index contributed by atoms with van der Waals surface area (Å²) in [5.74, 6) is 0.0519. The van der Waals surface area contributed by atoms with Crippen molar-refractivity contribution < 1.29 is 14.1 Å². The number of carbonyl (C=O) groups excluding carboxylic acids is 1. The third-order valence-electron chi connectivity index (χ3n) is 4.60. The number of aryl methyl sites for hydroxylation is 1. The van der Waals surface area contributed by atoms with Gasteiger partial charge in [-0.15, -0.1) is 0 Å². The van der Waals surface area contributed by atoms with Gasteiger partial charge in [0, 0.05) is 34.5 Å². The number of nitro benzene ring substituents is 1. The topological polar surface area (TPSA) is 98.3 Å². The number of halogens is 1. The highest BCUT2D eigenvalue weighted by Gasteiger charge is 2.11. The minimum atomic E-state index is -0.480. The van der Waals surface area contributed by atoms with Gasteiger partial charge in [-0.3, -0.25) is 14.9 Å². The third kappa shape index (κ3) is 4.62. The lowest BCUT2D eigenvalue weighted by atomic mass is 10.1. The number of anilines is 1. The van der Waals surface area contributed by atoms with Crippen LogP contribution < -0.4 is 5.32 Å². The summed E-state index contributed by atoms with van der Waals surface area (Å²) in [5, 5.41) is 14.3. The second kappa shape index (κ2) is 8.41. The van der Waals surface area contributed by atoms with Gasteiger partial charge in [0.15, 0.2) is 5.58 Å². The Bertz CT molecular complexity index is 1340. The number of hydrogen-bond donors (Lipinski definition) is 1. The van der Waals surface area contributed by atoms with Crippen LogP contribution in [0.4, 0.5) is 11.4 Å². The largest absolute Gasteiger partial charge is 0.436 e. The van der Waals surface area contributed by atoms with Crippen LogP contribution in [0.15, 0.2) is 71.2 Å². The van der Waals surface area contributed by atoms with E-state index in [1.807, 2.05) is 19.1 Å². The quantitative estimate of drug-likeness (QED) is 0.236. The number of nitro groups is 1. The predicted octanol–water partition coefficient (Wildman–Crippen LogP) is 6.02. The zero-order chi connectivity index (χ0) is 22.0. The Hall–Kier alpha value is -3.97. The Balaban J connectivity index is 1.55. The molecule has 154 valence electrons. The first-order chi connectivity index (χ1) is 14.9. The van der Waals surface area contributed by atoms with Crippen molar-refractivity contribution >= 4 is 46.1 Å². The molecule has 0 fully saturated rings. The standard InChI is InChI=1S/C23H16ClN3O4/c1-14-5-7-16(23-26-20-13-17(24)8-9-21(20)31-23)12-19(14)25-22(28)10-6-15-3-2-4-18(11-15)27(29)30/h2-13H,1H3,(H,25,28). The normalized spacial score (nSPS) is 11.2. The van der Waals surface area contributed by atoms with Crippen molar-refractivity contribution in [1.29, 1.82) is 0 Å². The van der Waals surface area contributed by atoms with Crippen molar-refractivity contribution in [3.05, 3.63) is 93.0 Å². The molecule has 0 saturated carbocycles. The van der Waals surface area contributed by atoms with E-state index >= 15 is 0 Å². The third-order valence-corrected chi connectivity index (χ3v) is 4.84. The molecule has 0 atom stereocenters. The average Bonchev–Trinajstić information content (AvgIpc) is 3.17. The van der Waals surface area contributed by atoms with Crippen molar-refractivity contribution in [2.24, 2.45) is 0 Å². The second-order valence-corrected chi connectivity index (χ2v) is 7.27. The van der Waals surface area contributed by atoms with Gasteiger partial charge in [-0.25, -0.2) is 4.98 Å². The molecule has 31 heavy (non-hydrogen) atoms. The van der Waals surface area contributed by atoms with Gasteiger partial charge in [-0.2, -0.15) is 0 Å². The number of benzene rings is 3. The molecule has 0 bridgehead atoms. The van der Waals surface area contributed by atoms with E-state index in [0.717, 1.165) is 5.56 Å². The molecule has 7 nitrogen and oxygen atoms in total. The van der Waals surface area contributed by atoms with E-state index in [2.05, 4.69) is 10.3 Å². The first-order valence-electron chi connectivity index (χ1n) is 9.30. The zero-order valence-corrected chi connectivity index (χ0v) is 17.1. The minimum Gasteiger partial charge on any atom is -0.436 e. The molecule has 0 aliphatic rings. The van der Waals surface area contributed by atoms with E-state index in [4.69, 9.17) is 16.0 Å². The maximum absolute atomic E-state index is 12.4. The van der Waals surface area contributed by atoms with Crippen LogP contribution in [0.2, 0.25) is 5.02 Å². The van der Waals surface area contributed by atoms with Crippen LogP contribution in [0.5, 0.6) is 0 Å². The van der Waals surface area contributed by atoms with Crippen LogP contribution in [0, 0.1) is 17.0 Å². The van der Waals surface area contributed by atoms with E-state index in [1.165, 1.54) is 24.3 Å². The summed E-state index contributed by atoms with van der Waals surface area (Å²) < 4.78 is 5.79. The number of rotatable bonds is 5. The summed E-state index contributed by atoms with van der Waals surface area (Å²) in [6, 6.07) is 16.7. The minimum absolute atomic E-state index is 0.0364. The Morgan fingerprint density at radius 3 is 2.81 bits per heavy atom. The fourth-order valence-electron chi connectivity index (χ4n) is 3.00. The average molecular weight is 434 g/mol. The summed E-state index contributed by atoms with van der Waals surface area (Å²) in [5.41, 5.74) is 3.95. The smallest absolute Gasteiger partial charge is 0.270 e. The predicted molar refractivity (Wildman–Crippen MR) is 120 cm³/mol. The molecule has 0 unspecified atom stereocenters. The molecule has 0 saturated heterocycles. The van der Waals surface area contributed by atoms with Crippen LogP contribution in [0.25, 0.3) is 28.6 Å². The van der Waals surface area contributed by atoms with Crippen LogP contribution >= 0.6 is 11.6 Å². The molecule has 4 rings (SSSR count). The molecule has 0 radical (unpaired) electrons. The molecule has 0 spiro atoms. The van der Waals surface area contributed by atoms with Crippen molar-refractivity contribution in [3.63, 3.8) is 0 Å². The van der Waals surface area contributed by atoms with E-state index in [1.54, 1.807) is 36.4 Å². The molecule has 1 aromatic heterocycles.